The first-order valence-electron chi connectivity index (χ1n) is 9.50. The van der Waals surface area contributed by atoms with Gasteiger partial charge in [-0.25, -0.2) is 4.79 Å². The third kappa shape index (κ3) is 4.22. The summed E-state index contributed by atoms with van der Waals surface area (Å²) in [6.45, 7) is 6.18. The number of hydrogen-bond acceptors (Lipinski definition) is 5. The number of carbonyl (C=O) groups is 2. The van der Waals surface area contributed by atoms with E-state index >= 15 is 0 Å². The molecular formula is C22H25N3O3. The Morgan fingerprint density at radius 3 is 2.50 bits per heavy atom. The molecule has 2 aromatic rings. The van der Waals surface area contributed by atoms with E-state index in [1.54, 1.807) is 11.9 Å². The maximum Gasteiger partial charge on any atom is 0.354 e. The molecule has 1 N–H and O–H groups in total. The molecule has 28 heavy (non-hydrogen) atoms. The van der Waals surface area contributed by atoms with Crippen LogP contribution in [0.25, 0.3) is 0 Å². The zero-order chi connectivity index (χ0) is 20.1. The Bertz CT molecular complexity index is 878. The highest BCUT2D eigenvalue weighted by atomic mass is 16.5. The Labute approximate surface area is 165 Å². The second-order valence-electron chi connectivity index (χ2n) is 6.90. The van der Waals surface area contributed by atoms with Crippen molar-refractivity contribution in [1.29, 1.82) is 0 Å². The quantitative estimate of drug-likeness (QED) is 0.772. The van der Waals surface area contributed by atoms with Gasteiger partial charge >= 0.3 is 5.97 Å². The zero-order valence-electron chi connectivity index (χ0n) is 16.4. The molecule has 0 radical (unpaired) electrons. The summed E-state index contributed by atoms with van der Waals surface area (Å²) in [5, 5.41) is 9.01. The predicted molar refractivity (Wildman–Crippen MR) is 111 cm³/mol. The highest BCUT2D eigenvalue weighted by Crippen LogP contribution is 2.28. The number of hydrogen-bond donors (Lipinski definition) is 1. The molecule has 1 amide bonds. The Morgan fingerprint density at radius 1 is 1.14 bits per heavy atom. The van der Waals surface area contributed by atoms with Crippen molar-refractivity contribution >= 4 is 29.0 Å². The molecule has 0 saturated heterocycles. The molecule has 0 fully saturated rings. The van der Waals surface area contributed by atoms with Gasteiger partial charge in [-0.3, -0.25) is 9.80 Å². The average Bonchev–Trinajstić information content (AvgIpc) is 3.15. The van der Waals surface area contributed by atoms with Crippen LogP contribution < -0.4 is 10.3 Å². The summed E-state index contributed by atoms with van der Waals surface area (Å²) in [6, 6.07) is 16.5. The Kier molecular flexibility index (Phi) is 6.09. The van der Waals surface area contributed by atoms with Crippen LogP contribution in [0, 0.1) is 0 Å². The largest absolute Gasteiger partial charge is 0.461 e. The average molecular weight is 379 g/mol. The normalized spacial score (nSPS) is 16.1. The first-order chi connectivity index (χ1) is 13.5. The molecule has 0 saturated carbocycles. The van der Waals surface area contributed by atoms with Crippen molar-refractivity contribution in [3.05, 3.63) is 60.2 Å². The fourth-order valence-electron chi connectivity index (χ4n) is 3.20. The summed E-state index contributed by atoms with van der Waals surface area (Å²) in [5.41, 5.74) is 2.84. The molecule has 1 unspecified atom stereocenters. The van der Waals surface area contributed by atoms with Gasteiger partial charge in [0.25, 0.3) is 0 Å². The maximum absolute atomic E-state index is 13.1. The van der Waals surface area contributed by atoms with Gasteiger partial charge in [0.1, 0.15) is 11.8 Å². The predicted octanol–water partition coefficient (Wildman–Crippen LogP) is 3.95. The first-order valence-corrected chi connectivity index (χ1v) is 9.50. The van der Waals surface area contributed by atoms with Gasteiger partial charge in [-0.05, 0) is 36.6 Å². The Morgan fingerprint density at radius 2 is 1.82 bits per heavy atom. The van der Waals surface area contributed by atoms with E-state index in [0.29, 0.717) is 0 Å². The third-order valence-corrected chi connectivity index (χ3v) is 4.59. The van der Waals surface area contributed by atoms with Gasteiger partial charge in [-0.15, -0.1) is 0 Å². The molecule has 0 bridgehead atoms. The molecule has 1 aliphatic rings. The molecule has 1 aliphatic heterocycles. The van der Waals surface area contributed by atoms with Gasteiger partial charge < -0.3 is 10.1 Å². The van der Waals surface area contributed by atoms with E-state index in [1.165, 1.54) is 0 Å². The molecule has 0 spiro atoms. The number of carbonyl (C=O) groups excluding carboxylic acids is 2. The summed E-state index contributed by atoms with van der Waals surface area (Å²) in [7, 11) is 0. The number of esters is 1. The lowest BCUT2D eigenvalue weighted by molar-refractivity contribution is -0.135. The van der Waals surface area contributed by atoms with E-state index in [0.717, 1.165) is 16.9 Å². The van der Waals surface area contributed by atoms with Crippen molar-refractivity contribution in [2.75, 3.05) is 16.9 Å². The topological polar surface area (TPSA) is 71.0 Å². The lowest BCUT2D eigenvalue weighted by Gasteiger charge is -2.23. The standard InChI is InChI=1S/C22H25N3O3/c1-4-28-22(27)19-14-20(25(24-19)16-10-6-5-7-11-16)21(26)23-18-13-9-8-12-17(18)15(2)3/h5-13,15,20H,4,14H2,1-3H3,(H,23,26). The SMILES string of the molecule is CCOC(=O)C1=NN(c2ccccc2)C(C(=O)Nc2ccccc2C(C)C)C1. The zero-order valence-corrected chi connectivity index (χ0v) is 16.4. The Balaban J connectivity index is 1.87. The number of anilines is 2. The molecule has 6 nitrogen and oxygen atoms in total. The molecule has 2 aromatic carbocycles. The Hall–Kier alpha value is -3.15. The van der Waals surface area contributed by atoms with Crippen LogP contribution in [0.2, 0.25) is 0 Å². The van der Waals surface area contributed by atoms with Crippen molar-refractivity contribution in [2.24, 2.45) is 5.10 Å². The molecular weight excluding hydrogens is 354 g/mol. The van der Waals surface area contributed by atoms with Crippen LogP contribution in [-0.2, 0) is 14.3 Å². The lowest BCUT2D eigenvalue weighted by atomic mass is 10.0. The summed E-state index contributed by atoms with van der Waals surface area (Å²) in [5.74, 6) is -0.419. The van der Waals surface area contributed by atoms with Crippen LogP contribution in [0.5, 0.6) is 0 Å². The number of amides is 1. The monoisotopic (exact) mass is 379 g/mol. The molecule has 6 heteroatoms. The van der Waals surface area contributed by atoms with E-state index in [-0.39, 0.29) is 30.6 Å². The summed E-state index contributed by atoms with van der Waals surface area (Å²) in [4.78, 5) is 25.3. The highest BCUT2D eigenvalue weighted by molar-refractivity contribution is 6.38. The molecule has 0 aliphatic carbocycles. The fraction of sp³-hybridized carbons (Fsp3) is 0.318. The van der Waals surface area contributed by atoms with E-state index in [9.17, 15) is 9.59 Å². The highest BCUT2D eigenvalue weighted by Gasteiger charge is 2.37. The van der Waals surface area contributed by atoms with Crippen LogP contribution in [0.4, 0.5) is 11.4 Å². The molecule has 1 atom stereocenters. The summed E-state index contributed by atoms with van der Waals surface area (Å²) >= 11 is 0. The van der Waals surface area contributed by atoms with Gasteiger partial charge in [0, 0.05) is 12.1 Å². The number of para-hydroxylation sites is 2. The van der Waals surface area contributed by atoms with Crippen LogP contribution in [0.3, 0.4) is 0 Å². The first kappa shape index (κ1) is 19.6. The minimum atomic E-state index is -0.623. The minimum Gasteiger partial charge on any atom is -0.461 e. The molecule has 146 valence electrons. The molecule has 1 heterocycles. The van der Waals surface area contributed by atoms with Crippen LogP contribution in [0.1, 0.15) is 38.7 Å². The van der Waals surface area contributed by atoms with E-state index < -0.39 is 12.0 Å². The smallest absolute Gasteiger partial charge is 0.354 e. The second kappa shape index (κ2) is 8.69. The lowest BCUT2D eigenvalue weighted by Crippen LogP contribution is -2.39. The molecule has 0 aromatic heterocycles. The van der Waals surface area contributed by atoms with Crippen molar-refractivity contribution in [3.8, 4) is 0 Å². The number of nitrogens with one attached hydrogen (secondary N) is 1. The van der Waals surface area contributed by atoms with Gasteiger partial charge in [0.2, 0.25) is 5.91 Å². The van der Waals surface area contributed by atoms with Crippen LogP contribution in [0.15, 0.2) is 59.7 Å². The summed E-state index contributed by atoms with van der Waals surface area (Å²) < 4.78 is 5.08. The van der Waals surface area contributed by atoms with Gasteiger partial charge in [-0.2, -0.15) is 5.10 Å². The molecule has 3 rings (SSSR count). The number of nitrogens with zero attached hydrogens (tertiary/aromatic N) is 2. The third-order valence-electron chi connectivity index (χ3n) is 4.59. The van der Waals surface area contributed by atoms with Crippen LogP contribution >= 0.6 is 0 Å². The fourth-order valence-corrected chi connectivity index (χ4v) is 3.20. The van der Waals surface area contributed by atoms with Crippen molar-refractivity contribution in [1.82, 2.24) is 0 Å². The maximum atomic E-state index is 13.1. The van der Waals surface area contributed by atoms with E-state index in [1.807, 2.05) is 54.6 Å². The van der Waals surface area contributed by atoms with Crippen LogP contribution in [-0.4, -0.2) is 30.2 Å². The van der Waals surface area contributed by atoms with E-state index in [4.69, 9.17) is 4.74 Å². The minimum absolute atomic E-state index is 0.198. The second-order valence-corrected chi connectivity index (χ2v) is 6.90. The van der Waals surface area contributed by atoms with Crippen molar-refractivity contribution in [3.63, 3.8) is 0 Å². The number of benzene rings is 2. The summed E-state index contributed by atoms with van der Waals surface area (Å²) in [6.07, 6.45) is 0.198. The van der Waals surface area contributed by atoms with Gasteiger partial charge in [0.15, 0.2) is 0 Å². The van der Waals surface area contributed by atoms with Crippen molar-refractivity contribution < 1.29 is 14.3 Å². The number of hydrazone groups is 1. The number of rotatable bonds is 6. The van der Waals surface area contributed by atoms with Crippen molar-refractivity contribution in [2.45, 2.75) is 39.2 Å². The van der Waals surface area contributed by atoms with E-state index in [2.05, 4.69) is 24.3 Å². The van der Waals surface area contributed by atoms with Gasteiger partial charge in [-0.1, -0.05) is 50.2 Å². The number of ether oxygens (including phenoxy) is 1. The van der Waals surface area contributed by atoms with Gasteiger partial charge in [0.05, 0.1) is 12.3 Å².